The molecule has 1 fully saturated rings. The normalized spacial score (nSPS) is 23.5. The van der Waals surface area contributed by atoms with Gasteiger partial charge >= 0.3 is 0 Å². The maximum absolute atomic E-state index is 6.27. The summed E-state index contributed by atoms with van der Waals surface area (Å²) < 4.78 is 0. The number of aromatic nitrogens is 2. The average Bonchev–Trinajstić information content (AvgIpc) is 2.46. The minimum atomic E-state index is 0.236. The van der Waals surface area contributed by atoms with E-state index in [0.717, 1.165) is 29.4 Å². The van der Waals surface area contributed by atoms with Crippen molar-refractivity contribution >= 4 is 16.6 Å². The van der Waals surface area contributed by atoms with Crippen LogP contribution in [0.1, 0.15) is 25.7 Å². The highest BCUT2D eigenvalue weighted by molar-refractivity contribution is 5.91. The molecule has 0 bridgehead atoms. The van der Waals surface area contributed by atoms with Gasteiger partial charge in [-0.3, -0.25) is 0 Å². The molecule has 0 aliphatic heterocycles. The smallest absolute Gasteiger partial charge is 0.159 e. The van der Waals surface area contributed by atoms with E-state index in [4.69, 9.17) is 5.73 Å². The molecule has 2 aromatic rings. The third-order valence-corrected chi connectivity index (χ3v) is 4.16. The Morgan fingerprint density at radius 1 is 1.21 bits per heavy atom. The zero-order chi connectivity index (χ0) is 13.2. The van der Waals surface area contributed by atoms with E-state index < -0.39 is 0 Å². The number of nitrogens with two attached hydrogens (primary N) is 1. The first-order valence-corrected chi connectivity index (χ1v) is 6.96. The van der Waals surface area contributed by atoms with Crippen LogP contribution in [0.25, 0.3) is 10.8 Å². The quantitative estimate of drug-likeness (QED) is 0.896. The summed E-state index contributed by atoms with van der Waals surface area (Å²) >= 11 is 0. The molecule has 1 aromatic heterocycles. The van der Waals surface area contributed by atoms with Gasteiger partial charge in [-0.2, -0.15) is 5.10 Å². The van der Waals surface area contributed by atoms with Crippen molar-refractivity contribution in [2.75, 3.05) is 11.9 Å². The fourth-order valence-corrected chi connectivity index (χ4v) is 3.05. The van der Waals surface area contributed by atoms with E-state index in [1.54, 1.807) is 0 Å². The van der Waals surface area contributed by atoms with Gasteiger partial charge in [0.05, 0.1) is 6.20 Å². The van der Waals surface area contributed by atoms with Crippen LogP contribution < -0.4 is 10.6 Å². The lowest BCUT2D eigenvalue weighted by atomic mass is 9.90. The molecule has 19 heavy (non-hydrogen) atoms. The van der Waals surface area contributed by atoms with Crippen molar-refractivity contribution in [1.82, 2.24) is 10.2 Å². The average molecular weight is 256 g/mol. The lowest BCUT2D eigenvalue weighted by Gasteiger charge is -2.36. The first-order chi connectivity index (χ1) is 9.27. The molecule has 1 heterocycles. The van der Waals surface area contributed by atoms with Crippen LogP contribution in [0.2, 0.25) is 0 Å². The fourth-order valence-electron chi connectivity index (χ4n) is 3.05. The Morgan fingerprint density at radius 3 is 2.84 bits per heavy atom. The van der Waals surface area contributed by atoms with Gasteiger partial charge < -0.3 is 10.6 Å². The lowest BCUT2D eigenvalue weighted by Crippen LogP contribution is -2.48. The van der Waals surface area contributed by atoms with Gasteiger partial charge in [-0.1, -0.05) is 37.1 Å². The van der Waals surface area contributed by atoms with E-state index in [-0.39, 0.29) is 6.04 Å². The number of likely N-dealkylation sites (N-methyl/N-ethyl adjacent to an activating group) is 1. The van der Waals surface area contributed by atoms with Crippen molar-refractivity contribution < 1.29 is 0 Å². The van der Waals surface area contributed by atoms with Gasteiger partial charge in [0.1, 0.15) is 0 Å². The highest BCUT2D eigenvalue weighted by atomic mass is 15.3. The zero-order valence-electron chi connectivity index (χ0n) is 11.3. The molecule has 2 atom stereocenters. The molecule has 1 saturated carbocycles. The van der Waals surface area contributed by atoms with Gasteiger partial charge in [-0.05, 0) is 12.8 Å². The highest BCUT2D eigenvalue weighted by Crippen LogP contribution is 2.28. The van der Waals surface area contributed by atoms with Crippen LogP contribution in [0.15, 0.2) is 30.5 Å². The molecule has 0 amide bonds. The van der Waals surface area contributed by atoms with Crippen LogP contribution in [0.5, 0.6) is 0 Å². The first-order valence-electron chi connectivity index (χ1n) is 6.96. The SMILES string of the molecule is CN(c1nncc2ccccc12)C1CCCCC1N. The summed E-state index contributed by atoms with van der Waals surface area (Å²) in [6.45, 7) is 0. The molecule has 4 nitrogen and oxygen atoms in total. The van der Waals surface area contributed by atoms with Gasteiger partial charge in [-0.15, -0.1) is 5.10 Å². The molecule has 0 spiro atoms. The number of anilines is 1. The van der Waals surface area contributed by atoms with Gasteiger partial charge in [0.25, 0.3) is 0 Å². The van der Waals surface area contributed by atoms with Crippen molar-refractivity contribution in [2.24, 2.45) is 5.73 Å². The summed E-state index contributed by atoms with van der Waals surface area (Å²) in [6.07, 6.45) is 6.55. The summed E-state index contributed by atoms with van der Waals surface area (Å²) in [5, 5.41) is 10.7. The van der Waals surface area contributed by atoms with Gasteiger partial charge in [0.15, 0.2) is 5.82 Å². The predicted octanol–water partition coefficient (Wildman–Crippen LogP) is 2.34. The molecule has 1 aromatic carbocycles. The number of rotatable bonds is 2. The minimum Gasteiger partial charge on any atom is -0.353 e. The Bertz CT molecular complexity index is 564. The number of benzene rings is 1. The molecule has 2 N–H and O–H groups in total. The maximum Gasteiger partial charge on any atom is 0.159 e. The summed E-state index contributed by atoms with van der Waals surface area (Å²) in [4.78, 5) is 2.22. The second-order valence-electron chi connectivity index (χ2n) is 5.38. The third kappa shape index (κ3) is 2.28. The Labute approximate surface area is 113 Å². The maximum atomic E-state index is 6.27. The number of hydrogen-bond donors (Lipinski definition) is 1. The minimum absolute atomic E-state index is 0.236. The molecule has 3 rings (SSSR count). The summed E-state index contributed by atoms with van der Waals surface area (Å²) in [6, 6.07) is 8.85. The van der Waals surface area contributed by atoms with Crippen LogP contribution >= 0.6 is 0 Å². The lowest BCUT2D eigenvalue weighted by molar-refractivity contribution is 0.372. The Kier molecular flexibility index (Phi) is 3.34. The van der Waals surface area contributed by atoms with Crippen molar-refractivity contribution in [1.29, 1.82) is 0 Å². The molecule has 4 heteroatoms. The Hall–Kier alpha value is -1.68. The predicted molar refractivity (Wildman–Crippen MR) is 78.2 cm³/mol. The van der Waals surface area contributed by atoms with E-state index in [1.807, 2.05) is 18.3 Å². The third-order valence-electron chi connectivity index (χ3n) is 4.16. The molecular weight excluding hydrogens is 236 g/mol. The first kappa shape index (κ1) is 12.4. The van der Waals surface area contributed by atoms with Gasteiger partial charge in [0.2, 0.25) is 0 Å². The summed E-state index contributed by atoms with van der Waals surface area (Å²) in [7, 11) is 2.09. The van der Waals surface area contributed by atoms with E-state index in [2.05, 4.69) is 34.3 Å². The van der Waals surface area contributed by atoms with Crippen LogP contribution in [0.3, 0.4) is 0 Å². The van der Waals surface area contributed by atoms with E-state index in [9.17, 15) is 0 Å². The van der Waals surface area contributed by atoms with Crippen LogP contribution in [-0.4, -0.2) is 29.3 Å². The van der Waals surface area contributed by atoms with Gasteiger partial charge in [-0.25, -0.2) is 0 Å². The van der Waals surface area contributed by atoms with Crippen molar-refractivity contribution in [3.63, 3.8) is 0 Å². The zero-order valence-corrected chi connectivity index (χ0v) is 11.3. The summed E-state index contributed by atoms with van der Waals surface area (Å²) in [5.74, 6) is 0.945. The Morgan fingerprint density at radius 2 is 2.00 bits per heavy atom. The van der Waals surface area contributed by atoms with Crippen LogP contribution in [0, 0.1) is 0 Å². The standard InChI is InChI=1S/C15H20N4/c1-19(14-9-5-4-8-13(14)16)15-12-7-3-2-6-11(12)10-17-18-15/h2-3,6-7,10,13-14H,4-5,8-9,16H2,1H3. The second-order valence-corrected chi connectivity index (χ2v) is 5.38. The number of nitrogens with zero attached hydrogens (tertiary/aromatic N) is 3. The largest absolute Gasteiger partial charge is 0.353 e. The molecule has 1 aliphatic carbocycles. The van der Waals surface area contributed by atoms with Crippen molar-refractivity contribution in [3.05, 3.63) is 30.5 Å². The molecule has 100 valence electrons. The van der Waals surface area contributed by atoms with E-state index >= 15 is 0 Å². The molecule has 1 aliphatic rings. The summed E-state index contributed by atoms with van der Waals surface area (Å²) in [5.41, 5.74) is 6.27. The molecular formula is C15H20N4. The van der Waals surface area contributed by atoms with Crippen molar-refractivity contribution in [3.8, 4) is 0 Å². The monoisotopic (exact) mass is 256 g/mol. The second kappa shape index (κ2) is 5.13. The highest BCUT2D eigenvalue weighted by Gasteiger charge is 2.27. The molecule has 2 unspecified atom stereocenters. The number of hydrogen-bond acceptors (Lipinski definition) is 4. The topological polar surface area (TPSA) is 55.0 Å². The van der Waals surface area contributed by atoms with Crippen LogP contribution in [0.4, 0.5) is 5.82 Å². The fraction of sp³-hybridized carbons (Fsp3) is 0.467. The molecule has 0 radical (unpaired) electrons. The molecule has 0 saturated heterocycles. The van der Waals surface area contributed by atoms with Crippen molar-refractivity contribution in [2.45, 2.75) is 37.8 Å². The van der Waals surface area contributed by atoms with Gasteiger partial charge in [0, 0.05) is 29.9 Å². The number of fused-ring (bicyclic) bond motifs is 1. The van der Waals surface area contributed by atoms with Crippen LogP contribution in [-0.2, 0) is 0 Å². The Balaban J connectivity index is 1.99. The van der Waals surface area contributed by atoms with E-state index in [1.165, 1.54) is 12.8 Å². The van der Waals surface area contributed by atoms with E-state index in [0.29, 0.717) is 6.04 Å².